The molecule has 18 heavy (non-hydrogen) atoms. The Morgan fingerprint density at radius 2 is 2.00 bits per heavy atom. The average Bonchev–Trinajstić information content (AvgIpc) is 2.83. The van der Waals surface area contributed by atoms with Gasteiger partial charge >= 0.3 is 0 Å². The van der Waals surface area contributed by atoms with Crippen molar-refractivity contribution >= 4 is 44.8 Å². The van der Waals surface area contributed by atoms with Crippen molar-refractivity contribution in [3.05, 3.63) is 56.7 Å². The fraction of sp³-hybridized carbons (Fsp3) is 0.154. The van der Waals surface area contributed by atoms with Crippen molar-refractivity contribution in [1.29, 1.82) is 0 Å². The van der Waals surface area contributed by atoms with E-state index in [4.69, 9.17) is 11.6 Å². The molecule has 0 aliphatic carbocycles. The maximum absolute atomic E-state index is 12.0. The van der Waals surface area contributed by atoms with E-state index < -0.39 is 0 Å². The summed E-state index contributed by atoms with van der Waals surface area (Å²) in [5, 5.41) is 2.93. The van der Waals surface area contributed by atoms with E-state index in [1.807, 2.05) is 36.4 Å². The molecule has 1 aromatic heterocycles. The number of thiophene rings is 1. The van der Waals surface area contributed by atoms with E-state index >= 15 is 0 Å². The summed E-state index contributed by atoms with van der Waals surface area (Å²) in [6.07, 6.45) is 0. The zero-order chi connectivity index (χ0) is 13.0. The zero-order valence-corrected chi connectivity index (χ0v) is 12.6. The van der Waals surface area contributed by atoms with Gasteiger partial charge in [-0.3, -0.25) is 4.79 Å². The van der Waals surface area contributed by atoms with Crippen LogP contribution in [0.15, 0.2) is 46.3 Å². The van der Waals surface area contributed by atoms with Gasteiger partial charge in [0.15, 0.2) is 0 Å². The first kappa shape index (κ1) is 13.6. The van der Waals surface area contributed by atoms with Crippen LogP contribution in [0.1, 0.15) is 21.3 Å². The minimum absolute atomic E-state index is 0.0970. The molecule has 2 aromatic rings. The topological polar surface area (TPSA) is 29.1 Å². The number of benzene rings is 1. The zero-order valence-electron chi connectivity index (χ0n) is 9.40. The molecule has 0 aliphatic heterocycles. The highest BCUT2D eigenvalue weighted by molar-refractivity contribution is 9.11. The molecule has 2 rings (SSSR count). The Hall–Kier alpha value is -0.840. The predicted octanol–water partition coefficient (Wildman–Crippen LogP) is 4.22. The molecule has 0 saturated heterocycles. The fourth-order valence-corrected chi connectivity index (χ4v) is 3.11. The van der Waals surface area contributed by atoms with Crippen molar-refractivity contribution in [2.24, 2.45) is 0 Å². The van der Waals surface area contributed by atoms with Crippen LogP contribution in [0, 0.1) is 0 Å². The van der Waals surface area contributed by atoms with Gasteiger partial charge < -0.3 is 5.32 Å². The normalized spacial score (nSPS) is 12.1. The Labute approximate surface area is 123 Å². The van der Waals surface area contributed by atoms with E-state index in [2.05, 4.69) is 21.2 Å². The molecule has 5 heteroatoms. The second-order valence-electron chi connectivity index (χ2n) is 3.69. The molecule has 2 nitrogen and oxygen atoms in total. The summed E-state index contributed by atoms with van der Waals surface area (Å²) in [6, 6.07) is 13.2. The molecule has 1 heterocycles. The van der Waals surface area contributed by atoms with Crippen molar-refractivity contribution < 1.29 is 4.79 Å². The first-order valence-corrected chi connectivity index (χ1v) is 7.52. The minimum Gasteiger partial charge on any atom is -0.343 e. The van der Waals surface area contributed by atoms with Gasteiger partial charge in [-0.25, -0.2) is 0 Å². The third-order valence-corrected chi connectivity index (χ3v) is 4.39. The molecule has 0 radical (unpaired) electrons. The van der Waals surface area contributed by atoms with Gasteiger partial charge in [0.2, 0.25) is 0 Å². The van der Waals surface area contributed by atoms with Crippen LogP contribution in [0.25, 0.3) is 0 Å². The quantitative estimate of drug-likeness (QED) is 0.827. The van der Waals surface area contributed by atoms with Gasteiger partial charge in [0.05, 0.1) is 14.7 Å². The van der Waals surface area contributed by atoms with Crippen LogP contribution >= 0.6 is 38.9 Å². The molecule has 1 aromatic carbocycles. The van der Waals surface area contributed by atoms with Crippen molar-refractivity contribution in [3.8, 4) is 0 Å². The van der Waals surface area contributed by atoms with E-state index in [0.29, 0.717) is 10.8 Å². The van der Waals surface area contributed by atoms with Gasteiger partial charge in [-0.15, -0.1) is 22.9 Å². The van der Waals surface area contributed by atoms with Crippen molar-refractivity contribution in [2.75, 3.05) is 5.88 Å². The number of halogens is 2. The third-order valence-electron chi connectivity index (χ3n) is 2.46. The molecule has 1 amide bonds. The SMILES string of the molecule is O=C(NC(CCl)c1ccccc1)c1ccc(Br)s1. The number of rotatable bonds is 4. The smallest absolute Gasteiger partial charge is 0.261 e. The molecule has 0 fully saturated rings. The lowest BCUT2D eigenvalue weighted by Gasteiger charge is -2.15. The Morgan fingerprint density at radius 1 is 1.28 bits per heavy atom. The van der Waals surface area contributed by atoms with Crippen LogP contribution in [-0.2, 0) is 0 Å². The predicted molar refractivity (Wildman–Crippen MR) is 79.4 cm³/mol. The molecule has 0 aliphatic rings. The van der Waals surface area contributed by atoms with E-state index in [-0.39, 0.29) is 11.9 Å². The number of carbonyl (C=O) groups excluding carboxylic acids is 1. The highest BCUT2D eigenvalue weighted by atomic mass is 79.9. The Kier molecular flexibility index (Phi) is 4.80. The van der Waals surface area contributed by atoms with Crippen LogP contribution in [0.5, 0.6) is 0 Å². The summed E-state index contributed by atoms with van der Waals surface area (Å²) in [6.45, 7) is 0. The highest BCUT2D eigenvalue weighted by Gasteiger charge is 2.15. The molecule has 1 atom stereocenters. The number of alkyl halides is 1. The average molecular weight is 345 g/mol. The molecular weight excluding hydrogens is 334 g/mol. The molecule has 0 bridgehead atoms. The van der Waals surface area contributed by atoms with Gasteiger partial charge in [-0.05, 0) is 33.6 Å². The first-order chi connectivity index (χ1) is 8.70. The second kappa shape index (κ2) is 6.36. The van der Waals surface area contributed by atoms with Crippen LogP contribution in [-0.4, -0.2) is 11.8 Å². The lowest BCUT2D eigenvalue weighted by Crippen LogP contribution is -2.28. The summed E-state index contributed by atoms with van der Waals surface area (Å²) < 4.78 is 0.940. The lowest BCUT2D eigenvalue weighted by molar-refractivity contribution is 0.0944. The van der Waals surface area contributed by atoms with Crippen molar-refractivity contribution in [3.63, 3.8) is 0 Å². The monoisotopic (exact) mass is 343 g/mol. The van der Waals surface area contributed by atoms with Crippen molar-refractivity contribution in [1.82, 2.24) is 5.32 Å². The molecule has 1 unspecified atom stereocenters. The number of amides is 1. The largest absolute Gasteiger partial charge is 0.343 e. The lowest BCUT2D eigenvalue weighted by atomic mass is 10.1. The third kappa shape index (κ3) is 3.34. The summed E-state index contributed by atoms with van der Waals surface area (Å²) in [4.78, 5) is 12.7. The Bertz CT molecular complexity index is 529. The van der Waals surface area contributed by atoms with Crippen LogP contribution < -0.4 is 5.32 Å². The van der Waals surface area contributed by atoms with Crippen LogP contribution in [0.3, 0.4) is 0 Å². The van der Waals surface area contributed by atoms with E-state index in [1.165, 1.54) is 11.3 Å². The molecular formula is C13H11BrClNOS. The van der Waals surface area contributed by atoms with Crippen LogP contribution in [0.2, 0.25) is 0 Å². The number of hydrogen-bond acceptors (Lipinski definition) is 2. The van der Waals surface area contributed by atoms with E-state index in [9.17, 15) is 4.79 Å². The van der Waals surface area contributed by atoms with Crippen molar-refractivity contribution in [2.45, 2.75) is 6.04 Å². The van der Waals surface area contributed by atoms with E-state index in [0.717, 1.165) is 9.35 Å². The molecule has 0 saturated carbocycles. The minimum atomic E-state index is -0.166. The summed E-state index contributed by atoms with van der Waals surface area (Å²) in [5.41, 5.74) is 1.01. The summed E-state index contributed by atoms with van der Waals surface area (Å²) >= 11 is 10.7. The Morgan fingerprint density at radius 3 is 2.56 bits per heavy atom. The van der Waals surface area contributed by atoms with Gasteiger partial charge in [0.1, 0.15) is 0 Å². The van der Waals surface area contributed by atoms with Gasteiger partial charge in [-0.1, -0.05) is 30.3 Å². The first-order valence-electron chi connectivity index (χ1n) is 5.38. The molecule has 0 spiro atoms. The summed E-state index contributed by atoms with van der Waals surface area (Å²) in [5.74, 6) is 0.252. The molecule has 94 valence electrons. The number of carbonyl (C=O) groups is 1. The highest BCUT2D eigenvalue weighted by Crippen LogP contribution is 2.23. The number of hydrogen-bond donors (Lipinski definition) is 1. The van der Waals surface area contributed by atoms with E-state index in [1.54, 1.807) is 6.07 Å². The molecule has 1 N–H and O–H groups in total. The standard InChI is InChI=1S/C13H11BrClNOS/c14-12-7-6-11(18-12)13(17)16-10(8-15)9-4-2-1-3-5-9/h1-7,10H,8H2,(H,16,17). The van der Waals surface area contributed by atoms with Crippen LogP contribution in [0.4, 0.5) is 0 Å². The van der Waals surface area contributed by atoms with Gasteiger partial charge in [0.25, 0.3) is 5.91 Å². The number of nitrogens with one attached hydrogen (secondary N) is 1. The summed E-state index contributed by atoms with van der Waals surface area (Å²) in [7, 11) is 0. The Balaban J connectivity index is 2.10. The van der Waals surface area contributed by atoms with Gasteiger partial charge in [-0.2, -0.15) is 0 Å². The second-order valence-corrected chi connectivity index (χ2v) is 6.47. The fourth-order valence-electron chi connectivity index (χ4n) is 1.56. The maximum Gasteiger partial charge on any atom is 0.261 e. The van der Waals surface area contributed by atoms with Gasteiger partial charge in [0, 0.05) is 5.88 Å². The maximum atomic E-state index is 12.0.